The minimum atomic E-state index is -1.19. The Balaban J connectivity index is 1.43. The Morgan fingerprint density at radius 1 is 1.34 bits per heavy atom. The van der Waals surface area contributed by atoms with E-state index in [0.29, 0.717) is 24.7 Å². The van der Waals surface area contributed by atoms with Crippen LogP contribution in [-0.4, -0.2) is 77.5 Å². The van der Waals surface area contributed by atoms with Crippen LogP contribution < -0.4 is 5.32 Å². The van der Waals surface area contributed by atoms with E-state index >= 15 is 4.39 Å². The van der Waals surface area contributed by atoms with Gasteiger partial charge in [0, 0.05) is 17.3 Å². The van der Waals surface area contributed by atoms with Crippen LogP contribution in [0, 0.1) is 5.41 Å². The molecular formula is C23H31ClFN3O4. The van der Waals surface area contributed by atoms with Crippen LogP contribution >= 0.6 is 11.6 Å². The summed E-state index contributed by atoms with van der Waals surface area (Å²) in [5.74, 6) is 0. The highest BCUT2D eigenvalue weighted by atomic mass is 35.5. The Bertz CT molecular complexity index is 904. The minimum absolute atomic E-state index is 0.101. The van der Waals surface area contributed by atoms with Crippen LogP contribution in [-0.2, 0) is 15.9 Å². The van der Waals surface area contributed by atoms with E-state index in [9.17, 15) is 10.2 Å². The molecule has 7 nitrogen and oxygen atoms in total. The number of likely N-dealkylation sites (tertiary alicyclic amines) is 1. The Morgan fingerprint density at radius 2 is 2.16 bits per heavy atom. The van der Waals surface area contributed by atoms with Gasteiger partial charge in [0.2, 0.25) is 0 Å². The Kier molecular flexibility index (Phi) is 6.07. The first kappa shape index (κ1) is 22.7. The molecular weight excluding hydrogens is 437 g/mol. The maximum atomic E-state index is 15.6. The molecule has 0 radical (unpaired) electrons. The van der Waals surface area contributed by atoms with Crippen molar-refractivity contribution in [2.75, 3.05) is 19.8 Å². The van der Waals surface area contributed by atoms with Gasteiger partial charge in [0.25, 0.3) is 0 Å². The van der Waals surface area contributed by atoms with E-state index < -0.39 is 42.2 Å². The molecule has 2 saturated heterocycles. The fourth-order valence-corrected chi connectivity index (χ4v) is 6.31. The molecule has 0 aromatic heterocycles. The van der Waals surface area contributed by atoms with E-state index in [4.69, 9.17) is 21.1 Å². The number of nitrogens with zero attached hydrogens (tertiary/aromatic N) is 2. The number of aliphatic imine (C=N–C) groups is 1. The van der Waals surface area contributed by atoms with Crippen molar-refractivity contribution >= 4 is 17.3 Å². The number of benzene rings is 1. The van der Waals surface area contributed by atoms with Gasteiger partial charge in [0.05, 0.1) is 24.9 Å². The highest BCUT2D eigenvalue weighted by Crippen LogP contribution is 2.48. The molecule has 4 aliphatic heterocycles. The van der Waals surface area contributed by atoms with Gasteiger partial charge in [-0.05, 0) is 43.0 Å². The Hall–Kier alpha value is -1.13. The van der Waals surface area contributed by atoms with Crippen molar-refractivity contribution in [3.63, 3.8) is 0 Å². The summed E-state index contributed by atoms with van der Waals surface area (Å²) in [6.07, 6.45) is -3.83. The second kappa shape index (κ2) is 8.58. The van der Waals surface area contributed by atoms with E-state index in [1.807, 2.05) is 30.9 Å². The molecule has 0 spiro atoms. The van der Waals surface area contributed by atoms with Gasteiger partial charge in [0.1, 0.15) is 36.8 Å². The van der Waals surface area contributed by atoms with Crippen LogP contribution in [0.25, 0.3) is 0 Å². The summed E-state index contributed by atoms with van der Waals surface area (Å²) in [6.45, 7) is 4.89. The van der Waals surface area contributed by atoms with E-state index in [-0.39, 0.29) is 12.7 Å². The molecule has 8 atom stereocenters. The number of hydrogen-bond donors (Lipinski definition) is 3. The number of halogens is 2. The summed E-state index contributed by atoms with van der Waals surface area (Å²) in [4.78, 5) is 6.32. The zero-order valence-electron chi connectivity index (χ0n) is 18.4. The van der Waals surface area contributed by atoms with E-state index in [0.717, 1.165) is 29.7 Å². The maximum Gasteiger partial charge on any atom is 0.141 e. The molecule has 0 amide bonds. The van der Waals surface area contributed by atoms with Crippen LogP contribution in [0.1, 0.15) is 43.9 Å². The molecule has 3 unspecified atom stereocenters. The van der Waals surface area contributed by atoms with Gasteiger partial charge in [-0.2, -0.15) is 0 Å². The molecule has 1 aromatic rings. The minimum Gasteiger partial charge on any atom is -0.387 e. The van der Waals surface area contributed by atoms with Crippen molar-refractivity contribution in [2.24, 2.45) is 10.4 Å². The first-order chi connectivity index (χ1) is 15.4. The van der Waals surface area contributed by atoms with Crippen LogP contribution in [0.3, 0.4) is 0 Å². The molecule has 32 heavy (non-hydrogen) atoms. The third kappa shape index (κ3) is 3.35. The standard InChI is InChI=1S/C23H31ClFN3O4/c1-3-7-23-12(2)26-11-27-22(23)28(10-16(23)25)21-18(30)17(29)20(32-21)19-15-5-4-14(24)9-13(15)6-8-31-19/h4-5,9,16-22,27,29-30H,3,6-8,10-11H2,1-2H3/t16?,17-,18+,19+,20-,21+,22?,23?/m0/s1. The van der Waals surface area contributed by atoms with Crippen LogP contribution in [0.2, 0.25) is 5.02 Å². The number of alkyl halides is 1. The Morgan fingerprint density at radius 3 is 2.94 bits per heavy atom. The average Bonchev–Trinajstić information content (AvgIpc) is 3.23. The molecule has 3 N–H and O–H groups in total. The summed E-state index contributed by atoms with van der Waals surface area (Å²) < 4.78 is 27.8. The number of rotatable bonds is 4. The van der Waals surface area contributed by atoms with Crippen molar-refractivity contribution in [3.05, 3.63) is 34.3 Å². The summed E-state index contributed by atoms with van der Waals surface area (Å²) >= 11 is 6.15. The first-order valence-electron chi connectivity index (χ1n) is 11.4. The van der Waals surface area contributed by atoms with Gasteiger partial charge in [-0.1, -0.05) is 31.0 Å². The smallest absolute Gasteiger partial charge is 0.141 e. The summed E-state index contributed by atoms with van der Waals surface area (Å²) in [5.41, 5.74) is 1.99. The van der Waals surface area contributed by atoms with Crippen molar-refractivity contribution in [2.45, 2.75) is 76.1 Å². The zero-order valence-corrected chi connectivity index (χ0v) is 19.1. The van der Waals surface area contributed by atoms with Gasteiger partial charge in [-0.25, -0.2) is 4.39 Å². The second-order valence-electron chi connectivity index (χ2n) is 9.32. The molecule has 0 bridgehead atoms. The SMILES string of the molecule is CCCC12C(C)=NCNC1N([C@@H]1O[C@H]([C@@H]3OCCc4cc(Cl)ccc43)[C@@H](O)[C@H]1O)CC2F. The lowest BCUT2D eigenvalue weighted by atomic mass is 9.74. The molecule has 0 saturated carbocycles. The van der Waals surface area contributed by atoms with Gasteiger partial charge >= 0.3 is 0 Å². The Labute approximate surface area is 192 Å². The van der Waals surface area contributed by atoms with Crippen molar-refractivity contribution < 1.29 is 24.1 Å². The number of nitrogens with one attached hydrogen (secondary N) is 1. The number of hydrogen-bond acceptors (Lipinski definition) is 7. The van der Waals surface area contributed by atoms with Crippen LogP contribution in [0.15, 0.2) is 23.2 Å². The number of aliphatic hydroxyl groups excluding tert-OH is 2. The van der Waals surface area contributed by atoms with E-state index in [1.54, 1.807) is 6.07 Å². The molecule has 9 heteroatoms. The number of aliphatic hydroxyl groups is 2. The fraction of sp³-hybridized carbons (Fsp3) is 0.696. The molecule has 176 valence electrons. The lowest BCUT2D eigenvalue weighted by Crippen LogP contribution is -2.60. The van der Waals surface area contributed by atoms with E-state index in [1.165, 1.54) is 0 Å². The highest BCUT2D eigenvalue weighted by molar-refractivity contribution is 6.30. The largest absolute Gasteiger partial charge is 0.387 e. The monoisotopic (exact) mass is 467 g/mol. The van der Waals surface area contributed by atoms with Crippen molar-refractivity contribution in [1.29, 1.82) is 0 Å². The first-order valence-corrected chi connectivity index (χ1v) is 11.8. The van der Waals surface area contributed by atoms with E-state index in [2.05, 4.69) is 10.3 Å². The number of fused-ring (bicyclic) bond motifs is 2. The average molecular weight is 468 g/mol. The lowest BCUT2D eigenvalue weighted by molar-refractivity contribution is -0.142. The number of ether oxygens (including phenoxy) is 2. The maximum absolute atomic E-state index is 15.6. The summed E-state index contributed by atoms with van der Waals surface area (Å²) in [5, 5.41) is 25.9. The summed E-state index contributed by atoms with van der Waals surface area (Å²) in [6, 6.07) is 5.58. The van der Waals surface area contributed by atoms with Gasteiger partial charge in [-0.15, -0.1) is 0 Å². The summed E-state index contributed by atoms with van der Waals surface area (Å²) in [7, 11) is 0. The molecule has 2 fully saturated rings. The third-order valence-electron chi connectivity index (χ3n) is 7.67. The molecule has 5 rings (SSSR count). The van der Waals surface area contributed by atoms with Crippen molar-refractivity contribution in [3.8, 4) is 0 Å². The van der Waals surface area contributed by atoms with Crippen molar-refractivity contribution in [1.82, 2.24) is 10.2 Å². The van der Waals surface area contributed by atoms with Gasteiger partial charge < -0.3 is 19.7 Å². The fourth-order valence-electron chi connectivity index (χ4n) is 6.12. The lowest BCUT2D eigenvalue weighted by Gasteiger charge is -2.43. The molecule has 1 aromatic carbocycles. The van der Waals surface area contributed by atoms with Crippen LogP contribution in [0.4, 0.5) is 4.39 Å². The topological polar surface area (TPSA) is 86.6 Å². The molecule has 0 aliphatic carbocycles. The zero-order chi connectivity index (χ0) is 22.6. The normalized spacial score (nSPS) is 41.9. The van der Waals surface area contributed by atoms with Crippen LogP contribution in [0.5, 0.6) is 0 Å². The predicted octanol–water partition coefficient (Wildman–Crippen LogP) is 2.19. The molecule has 4 aliphatic rings. The third-order valence-corrected chi connectivity index (χ3v) is 7.90. The van der Waals surface area contributed by atoms with Gasteiger partial charge in [-0.3, -0.25) is 15.2 Å². The quantitative estimate of drug-likeness (QED) is 0.629. The van der Waals surface area contributed by atoms with Gasteiger partial charge in [0.15, 0.2) is 0 Å². The highest BCUT2D eigenvalue weighted by Gasteiger charge is 2.62. The predicted molar refractivity (Wildman–Crippen MR) is 118 cm³/mol. The second-order valence-corrected chi connectivity index (χ2v) is 9.76. The molecule has 4 heterocycles.